The molecule has 1 saturated carbocycles. The van der Waals surface area contributed by atoms with Crippen LogP contribution in [0.25, 0.3) is 0 Å². The van der Waals surface area contributed by atoms with Crippen molar-refractivity contribution in [3.8, 4) is 0 Å². The number of hydrogen-bond acceptors (Lipinski definition) is 6. The first-order chi connectivity index (χ1) is 14.2. The summed E-state index contributed by atoms with van der Waals surface area (Å²) >= 11 is 0. The number of rotatable bonds is 3. The van der Waals surface area contributed by atoms with E-state index in [0.29, 0.717) is 18.9 Å². The minimum Gasteiger partial charge on any atom is -0.376 e. The summed E-state index contributed by atoms with van der Waals surface area (Å²) in [5.41, 5.74) is 3.26. The molecule has 1 fully saturated rings. The molecule has 3 heterocycles. The Morgan fingerprint density at radius 1 is 1.14 bits per heavy atom. The summed E-state index contributed by atoms with van der Waals surface area (Å²) in [5.74, 6) is 0.734. The van der Waals surface area contributed by atoms with Crippen LogP contribution in [0.3, 0.4) is 0 Å². The average Bonchev–Trinajstić information content (AvgIpc) is 3.18. The van der Waals surface area contributed by atoms with Crippen LogP contribution < -0.4 is 10.9 Å². The summed E-state index contributed by atoms with van der Waals surface area (Å²) in [6, 6.07) is 1.85. The van der Waals surface area contributed by atoms with Gasteiger partial charge >= 0.3 is 0 Å². The van der Waals surface area contributed by atoms with E-state index in [2.05, 4.69) is 15.6 Å². The number of ether oxygens (including phenoxy) is 1. The zero-order chi connectivity index (χ0) is 19.8. The second kappa shape index (κ2) is 7.74. The van der Waals surface area contributed by atoms with Crippen molar-refractivity contribution in [3.05, 3.63) is 44.7 Å². The molecule has 0 bridgehead atoms. The normalized spacial score (nSPS) is 23.9. The highest BCUT2D eigenvalue weighted by Gasteiger charge is 2.29. The lowest BCUT2D eigenvalue weighted by atomic mass is 9.90. The summed E-state index contributed by atoms with van der Waals surface area (Å²) in [6.07, 6.45) is 7.96. The lowest BCUT2D eigenvalue weighted by Crippen LogP contribution is -2.40. The molecular formula is C21H26N4O4. The first-order valence-corrected chi connectivity index (χ1v) is 10.7. The maximum absolute atomic E-state index is 12.7. The monoisotopic (exact) mass is 398 g/mol. The molecule has 0 aromatic carbocycles. The van der Waals surface area contributed by atoms with Crippen molar-refractivity contribution in [2.75, 3.05) is 6.61 Å². The molecule has 2 aromatic rings. The van der Waals surface area contributed by atoms with Gasteiger partial charge in [-0.3, -0.25) is 9.59 Å². The molecule has 154 valence electrons. The van der Waals surface area contributed by atoms with Crippen molar-refractivity contribution in [3.63, 3.8) is 0 Å². The third kappa shape index (κ3) is 3.61. The fraction of sp³-hybridized carbons (Fsp3) is 0.619. The van der Waals surface area contributed by atoms with Gasteiger partial charge in [-0.15, -0.1) is 0 Å². The Hall–Kier alpha value is -2.48. The van der Waals surface area contributed by atoms with E-state index < -0.39 is 0 Å². The smallest absolute Gasteiger partial charge is 0.273 e. The highest BCUT2D eigenvalue weighted by molar-refractivity contribution is 5.94. The van der Waals surface area contributed by atoms with Gasteiger partial charge in [0.2, 0.25) is 0 Å². The van der Waals surface area contributed by atoms with E-state index in [-0.39, 0.29) is 23.6 Å². The highest BCUT2D eigenvalue weighted by Crippen LogP contribution is 2.29. The van der Waals surface area contributed by atoms with Crippen molar-refractivity contribution in [2.45, 2.75) is 76.5 Å². The Balaban J connectivity index is 1.23. The summed E-state index contributed by atoms with van der Waals surface area (Å²) in [6.45, 7) is 1.13. The second-order valence-corrected chi connectivity index (χ2v) is 8.32. The number of carbonyl (C=O) groups excluding carboxylic acids is 1. The van der Waals surface area contributed by atoms with Gasteiger partial charge < -0.3 is 14.6 Å². The summed E-state index contributed by atoms with van der Waals surface area (Å²) < 4.78 is 12.4. The summed E-state index contributed by atoms with van der Waals surface area (Å²) in [4.78, 5) is 25.2. The predicted molar refractivity (Wildman–Crippen MR) is 104 cm³/mol. The first-order valence-electron chi connectivity index (χ1n) is 10.7. The number of aromatic nitrogens is 3. The molecule has 0 radical (unpaired) electrons. The molecule has 0 atom stereocenters. The van der Waals surface area contributed by atoms with Crippen molar-refractivity contribution in [2.24, 2.45) is 0 Å². The Labute approximate surface area is 168 Å². The van der Waals surface area contributed by atoms with Gasteiger partial charge in [0.15, 0.2) is 5.69 Å². The van der Waals surface area contributed by atoms with Crippen molar-refractivity contribution >= 4 is 5.91 Å². The molecule has 29 heavy (non-hydrogen) atoms. The molecule has 0 unspecified atom stereocenters. The van der Waals surface area contributed by atoms with Crippen LogP contribution in [0.2, 0.25) is 0 Å². The Kier molecular flexibility index (Phi) is 4.95. The molecule has 0 saturated heterocycles. The number of nitrogens with one attached hydrogen (secondary N) is 1. The van der Waals surface area contributed by atoms with Gasteiger partial charge in [0.1, 0.15) is 5.76 Å². The topological polar surface area (TPSA) is 99.2 Å². The van der Waals surface area contributed by atoms with Crippen molar-refractivity contribution < 1.29 is 14.1 Å². The Morgan fingerprint density at radius 3 is 2.83 bits per heavy atom. The van der Waals surface area contributed by atoms with E-state index in [4.69, 9.17) is 9.26 Å². The summed E-state index contributed by atoms with van der Waals surface area (Å²) in [7, 11) is 0. The van der Waals surface area contributed by atoms with Crippen LogP contribution in [0.15, 0.2) is 15.4 Å². The maximum atomic E-state index is 12.7. The Bertz CT molecular complexity index is 972. The van der Waals surface area contributed by atoms with E-state index in [1.807, 2.05) is 0 Å². The maximum Gasteiger partial charge on any atom is 0.273 e. The third-order valence-corrected chi connectivity index (χ3v) is 6.41. The molecule has 1 amide bonds. The molecular weight excluding hydrogens is 372 g/mol. The lowest BCUT2D eigenvalue weighted by molar-refractivity contribution is 0.0910. The van der Waals surface area contributed by atoms with Gasteiger partial charge in [0.25, 0.3) is 11.5 Å². The van der Waals surface area contributed by atoms with E-state index in [0.717, 1.165) is 80.4 Å². The van der Waals surface area contributed by atoms with Crippen molar-refractivity contribution in [1.82, 2.24) is 20.3 Å². The number of fused-ring (bicyclic) bond motifs is 2. The minimum atomic E-state index is -0.135. The van der Waals surface area contributed by atoms with Gasteiger partial charge in [-0.05, 0) is 44.9 Å². The SMILES string of the molecule is O=C(NC1CCC(n2nc3c(cc2=O)COCC3)CC1)c1noc2c1CCCC2. The van der Waals surface area contributed by atoms with E-state index >= 15 is 0 Å². The molecule has 5 rings (SSSR count). The first kappa shape index (κ1) is 18.5. The molecule has 8 nitrogen and oxygen atoms in total. The van der Waals surface area contributed by atoms with Crippen LogP contribution in [0.1, 0.15) is 77.6 Å². The molecule has 1 N–H and O–H groups in total. The number of aryl methyl sites for hydroxylation is 1. The number of carbonyl (C=O) groups is 1. The number of nitrogens with zero attached hydrogens (tertiary/aromatic N) is 3. The Morgan fingerprint density at radius 2 is 1.97 bits per heavy atom. The zero-order valence-corrected chi connectivity index (χ0v) is 16.5. The fourth-order valence-corrected chi connectivity index (χ4v) is 4.77. The molecule has 3 aliphatic rings. The van der Waals surface area contributed by atoms with Gasteiger partial charge in [-0.1, -0.05) is 5.16 Å². The highest BCUT2D eigenvalue weighted by atomic mass is 16.5. The molecule has 8 heteroatoms. The van der Waals surface area contributed by atoms with E-state index in [1.165, 1.54) is 0 Å². The number of hydrogen-bond donors (Lipinski definition) is 1. The second-order valence-electron chi connectivity index (χ2n) is 8.32. The van der Waals surface area contributed by atoms with Gasteiger partial charge in [0, 0.05) is 36.1 Å². The minimum absolute atomic E-state index is 0.0593. The zero-order valence-electron chi connectivity index (χ0n) is 16.5. The van der Waals surface area contributed by atoms with Gasteiger partial charge in [-0.25, -0.2) is 4.68 Å². The molecule has 2 aromatic heterocycles. The van der Waals surface area contributed by atoms with Crippen LogP contribution in [0, 0.1) is 0 Å². The van der Waals surface area contributed by atoms with Crippen LogP contribution in [0.5, 0.6) is 0 Å². The van der Waals surface area contributed by atoms with Crippen molar-refractivity contribution in [1.29, 1.82) is 0 Å². The largest absolute Gasteiger partial charge is 0.376 e. The van der Waals surface area contributed by atoms with E-state index in [9.17, 15) is 9.59 Å². The van der Waals surface area contributed by atoms with Crippen LogP contribution in [-0.4, -0.2) is 33.5 Å². The lowest BCUT2D eigenvalue weighted by Gasteiger charge is -2.30. The molecule has 2 aliphatic carbocycles. The average molecular weight is 398 g/mol. The van der Waals surface area contributed by atoms with Crippen LogP contribution in [-0.2, 0) is 30.6 Å². The van der Waals surface area contributed by atoms with Crippen LogP contribution in [0.4, 0.5) is 0 Å². The third-order valence-electron chi connectivity index (χ3n) is 6.41. The standard InChI is InChI=1S/C21H26N4O4/c26-19-11-13-12-28-10-9-17(13)23-25(19)15-7-5-14(6-8-15)22-21(27)20-16-3-1-2-4-18(16)29-24-20/h11,14-15H,1-10,12H2,(H,22,27). The molecule has 1 aliphatic heterocycles. The predicted octanol–water partition coefficient (Wildman–Crippen LogP) is 2.10. The molecule has 0 spiro atoms. The number of amides is 1. The summed E-state index contributed by atoms with van der Waals surface area (Å²) in [5, 5.41) is 11.8. The van der Waals surface area contributed by atoms with E-state index in [1.54, 1.807) is 10.7 Å². The quantitative estimate of drug-likeness (QED) is 0.850. The fourth-order valence-electron chi connectivity index (χ4n) is 4.77. The van der Waals surface area contributed by atoms with Gasteiger partial charge in [0.05, 0.1) is 24.9 Å². The van der Waals surface area contributed by atoms with Crippen LogP contribution >= 0.6 is 0 Å². The van der Waals surface area contributed by atoms with Gasteiger partial charge in [-0.2, -0.15) is 5.10 Å².